The Morgan fingerprint density at radius 3 is 2.33 bits per heavy atom. The van der Waals surface area contributed by atoms with Crippen molar-refractivity contribution in [3.8, 4) is 0 Å². The molecule has 1 aromatic heterocycles. The number of carbonyl (C=O) groups is 1. The van der Waals surface area contributed by atoms with Crippen LogP contribution in [-0.2, 0) is 5.75 Å². The standard InChI is InChI=1S/C20H17ClN4OS/c1-14(16-7-9-18(21)10-8-16)24-25-19(26)17-5-3-15(4-6-17)13-27-20-22-11-2-12-23-20/h2-12H,13H2,1H3,(H,25,26)/b24-14+. The zero-order valence-corrected chi connectivity index (χ0v) is 16.2. The van der Waals surface area contributed by atoms with Gasteiger partial charge in [-0.25, -0.2) is 15.4 Å². The van der Waals surface area contributed by atoms with Gasteiger partial charge >= 0.3 is 0 Å². The molecule has 5 nitrogen and oxygen atoms in total. The van der Waals surface area contributed by atoms with Crippen molar-refractivity contribution < 1.29 is 4.79 Å². The Kier molecular flexibility index (Phi) is 6.57. The third kappa shape index (κ3) is 5.64. The van der Waals surface area contributed by atoms with Crippen LogP contribution in [0.4, 0.5) is 0 Å². The van der Waals surface area contributed by atoms with Crippen LogP contribution in [0, 0.1) is 0 Å². The van der Waals surface area contributed by atoms with E-state index in [2.05, 4.69) is 20.5 Å². The van der Waals surface area contributed by atoms with Crippen LogP contribution >= 0.6 is 23.4 Å². The van der Waals surface area contributed by atoms with Gasteiger partial charge in [0.2, 0.25) is 0 Å². The number of amides is 1. The van der Waals surface area contributed by atoms with E-state index in [1.807, 2.05) is 31.2 Å². The fourth-order valence-electron chi connectivity index (χ4n) is 2.21. The number of nitrogens with one attached hydrogen (secondary N) is 1. The van der Waals surface area contributed by atoms with Crippen molar-refractivity contribution >= 4 is 35.0 Å². The molecular weight excluding hydrogens is 380 g/mol. The lowest BCUT2D eigenvalue weighted by molar-refractivity contribution is 0.0955. The number of thioether (sulfide) groups is 1. The van der Waals surface area contributed by atoms with E-state index < -0.39 is 0 Å². The van der Waals surface area contributed by atoms with Crippen LogP contribution in [0.25, 0.3) is 0 Å². The third-order valence-corrected chi connectivity index (χ3v) is 4.91. The van der Waals surface area contributed by atoms with Gasteiger partial charge in [-0.1, -0.05) is 47.6 Å². The summed E-state index contributed by atoms with van der Waals surface area (Å²) in [7, 11) is 0. The SMILES string of the molecule is C/C(=N\NC(=O)c1ccc(CSc2ncccn2)cc1)c1ccc(Cl)cc1. The summed E-state index contributed by atoms with van der Waals surface area (Å²) >= 11 is 7.42. The van der Waals surface area contributed by atoms with E-state index in [0.717, 1.165) is 22.0 Å². The molecule has 0 bridgehead atoms. The number of hydrogen-bond acceptors (Lipinski definition) is 5. The Bertz CT molecular complexity index is 928. The van der Waals surface area contributed by atoms with Crippen molar-refractivity contribution in [2.45, 2.75) is 17.8 Å². The van der Waals surface area contributed by atoms with Gasteiger partial charge in [0.05, 0.1) is 5.71 Å². The van der Waals surface area contributed by atoms with Gasteiger partial charge in [0.15, 0.2) is 5.16 Å². The van der Waals surface area contributed by atoms with Gasteiger partial charge in [-0.2, -0.15) is 5.10 Å². The molecule has 0 saturated heterocycles. The number of aromatic nitrogens is 2. The Balaban J connectivity index is 1.57. The van der Waals surface area contributed by atoms with Crippen LogP contribution in [0.1, 0.15) is 28.4 Å². The average Bonchev–Trinajstić information content (AvgIpc) is 2.72. The maximum atomic E-state index is 12.3. The first-order chi connectivity index (χ1) is 13.1. The minimum absolute atomic E-state index is 0.256. The normalized spacial score (nSPS) is 11.3. The second-order valence-electron chi connectivity index (χ2n) is 5.66. The molecule has 3 rings (SSSR count). The summed E-state index contributed by atoms with van der Waals surface area (Å²) in [6.45, 7) is 1.83. The molecule has 0 aliphatic rings. The highest BCUT2D eigenvalue weighted by Crippen LogP contribution is 2.18. The summed E-state index contributed by atoms with van der Waals surface area (Å²) in [6.07, 6.45) is 3.44. The fraction of sp³-hybridized carbons (Fsp3) is 0.100. The molecule has 1 heterocycles. The van der Waals surface area contributed by atoms with E-state index in [9.17, 15) is 4.79 Å². The number of carbonyl (C=O) groups excluding carboxylic acids is 1. The Hall–Kier alpha value is -2.70. The smallest absolute Gasteiger partial charge is 0.267 e. The Morgan fingerprint density at radius 2 is 1.67 bits per heavy atom. The van der Waals surface area contributed by atoms with Gasteiger partial charge in [-0.15, -0.1) is 0 Å². The summed E-state index contributed by atoms with van der Waals surface area (Å²) in [4.78, 5) is 20.6. The molecule has 0 aliphatic heterocycles. The summed E-state index contributed by atoms with van der Waals surface area (Å²) in [5, 5.41) is 5.54. The molecule has 2 aromatic carbocycles. The number of hydrazone groups is 1. The monoisotopic (exact) mass is 396 g/mol. The van der Waals surface area contributed by atoms with E-state index in [1.165, 1.54) is 0 Å². The lowest BCUT2D eigenvalue weighted by Crippen LogP contribution is -2.19. The van der Waals surface area contributed by atoms with E-state index in [0.29, 0.717) is 16.3 Å². The number of hydrogen-bond donors (Lipinski definition) is 1. The predicted octanol–water partition coefficient (Wildman–Crippen LogP) is 4.58. The van der Waals surface area contributed by atoms with Crippen molar-refractivity contribution in [1.82, 2.24) is 15.4 Å². The van der Waals surface area contributed by atoms with Crippen LogP contribution in [-0.4, -0.2) is 21.6 Å². The first kappa shape index (κ1) is 19.1. The van der Waals surface area contributed by atoms with Crippen LogP contribution < -0.4 is 5.43 Å². The van der Waals surface area contributed by atoms with Gasteiger partial charge in [0, 0.05) is 28.7 Å². The lowest BCUT2D eigenvalue weighted by atomic mass is 10.1. The molecule has 0 unspecified atom stereocenters. The van der Waals surface area contributed by atoms with Crippen molar-refractivity contribution in [2.75, 3.05) is 0 Å². The summed E-state index contributed by atoms with van der Waals surface area (Å²) in [5.41, 5.74) is 5.82. The summed E-state index contributed by atoms with van der Waals surface area (Å²) in [6, 6.07) is 16.5. The van der Waals surface area contributed by atoms with Crippen LogP contribution in [0.2, 0.25) is 5.02 Å². The minimum atomic E-state index is -0.256. The van der Waals surface area contributed by atoms with E-state index in [4.69, 9.17) is 11.6 Å². The molecule has 27 heavy (non-hydrogen) atoms. The third-order valence-electron chi connectivity index (χ3n) is 3.71. The van der Waals surface area contributed by atoms with E-state index in [-0.39, 0.29) is 5.91 Å². The predicted molar refractivity (Wildman–Crippen MR) is 109 cm³/mol. The first-order valence-electron chi connectivity index (χ1n) is 8.21. The number of nitrogens with zero attached hydrogens (tertiary/aromatic N) is 3. The van der Waals surface area contributed by atoms with Crippen LogP contribution in [0.15, 0.2) is 77.2 Å². The summed E-state index contributed by atoms with van der Waals surface area (Å²) < 4.78 is 0. The van der Waals surface area contributed by atoms with Crippen molar-refractivity contribution in [1.29, 1.82) is 0 Å². The highest BCUT2D eigenvalue weighted by molar-refractivity contribution is 7.98. The molecule has 0 spiro atoms. The molecule has 0 fully saturated rings. The highest BCUT2D eigenvalue weighted by Gasteiger charge is 2.06. The van der Waals surface area contributed by atoms with E-state index >= 15 is 0 Å². The van der Waals surface area contributed by atoms with Gasteiger partial charge in [-0.05, 0) is 48.4 Å². The number of halogens is 1. The first-order valence-corrected chi connectivity index (χ1v) is 9.57. The number of benzene rings is 2. The molecule has 1 amide bonds. The zero-order valence-electron chi connectivity index (χ0n) is 14.6. The van der Waals surface area contributed by atoms with Crippen molar-refractivity contribution in [3.05, 3.63) is 88.7 Å². The molecule has 136 valence electrons. The molecule has 3 aromatic rings. The topological polar surface area (TPSA) is 67.2 Å². The Morgan fingerprint density at radius 1 is 1.04 bits per heavy atom. The average molecular weight is 397 g/mol. The molecule has 0 aliphatic carbocycles. The van der Waals surface area contributed by atoms with Gasteiger partial charge < -0.3 is 0 Å². The molecular formula is C20H17ClN4OS. The largest absolute Gasteiger partial charge is 0.271 e. The molecule has 7 heteroatoms. The molecule has 1 N–H and O–H groups in total. The summed E-state index contributed by atoms with van der Waals surface area (Å²) in [5.74, 6) is 0.480. The second kappa shape index (κ2) is 9.30. The second-order valence-corrected chi connectivity index (χ2v) is 7.04. The Labute approximate surface area is 166 Å². The zero-order chi connectivity index (χ0) is 19.1. The highest BCUT2D eigenvalue weighted by atomic mass is 35.5. The molecule has 0 atom stereocenters. The quantitative estimate of drug-likeness (QED) is 0.286. The van der Waals surface area contributed by atoms with Gasteiger partial charge in [0.1, 0.15) is 0 Å². The minimum Gasteiger partial charge on any atom is -0.267 e. The van der Waals surface area contributed by atoms with Crippen LogP contribution in [0.5, 0.6) is 0 Å². The molecule has 0 radical (unpaired) electrons. The van der Waals surface area contributed by atoms with Crippen molar-refractivity contribution in [3.63, 3.8) is 0 Å². The maximum Gasteiger partial charge on any atom is 0.271 e. The van der Waals surface area contributed by atoms with E-state index in [1.54, 1.807) is 54.5 Å². The lowest BCUT2D eigenvalue weighted by Gasteiger charge is -2.05. The fourth-order valence-corrected chi connectivity index (χ4v) is 3.10. The van der Waals surface area contributed by atoms with Crippen molar-refractivity contribution in [2.24, 2.45) is 5.10 Å². The maximum absolute atomic E-state index is 12.3. The van der Waals surface area contributed by atoms with Crippen LogP contribution in [0.3, 0.4) is 0 Å². The van der Waals surface area contributed by atoms with Gasteiger partial charge in [0.25, 0.3) is 5.91 Å². The molecule has 0 saturated carbocycles. The number of rotatable bonds is 6. The van der Waals surface area contributed by atoms with Gasteiger partial charge in [-0.3, -0.25) is 4.79 Å².